The Bertz CT molecular complexity index is 4230. The molecule has 0 fully saturated rings. The molecule has 0 spiro atoms. The minimum absolute atomic E-state index is 0. The van der Waals surface area contributed by atoms with Gasteiger partial charge in [-0.3, -0.25) is 38.4 Å². The lowest BCUT2D eigenvalue weighted by Gasteiger charge is -2.26. The Kier molecular flexibility index (Phi) is 33.9. The zero-order valence-corrected chi connectivity index (χ0v) is 64.2. The second kappa shape index (κ2) is 41.4. The fourth-order valence-corrected chi connectivity index (χ4v) is 12.3. The molecule has 16 N–H and O–H groups in total. The number of hydrogen-bond acceptors (Lipinski definition) is 20. The quantitative estimate of drug-likeness (QED) is 0.0280. The number of nitrogens with zero attached hydrogens (tertiary/aromatic N) is 3. The number of aromatic carboxylic acids is 1. The molecule has 0 aliphatic heterocycles. The van der Waals surface area contributed by atoms with Crippen LogP contribution in [0.5, 0.6) is 0 Å². The summed E-state index contributed by atoms with van der Waals surface area (Å²) in [5.74, 6) is -1.73. The number of ketones is 4. The van der Waals surface area contributed by atoms with Crippen LogP contribution < -0.4 is 33.2 Å². The molecule has 4 aliphatic carbocycles. The lowest BCUT2D eigenvalue weighted by Crippen LogP contribution is -2.35. The van der Waals surface area contributed by atoms with Crippen LogP contribution >= 0.6 is 12.4 Å². The van der Waals surface area contributed by atoms with Gasteiger partial charge in [0, 0.05) is 116 Å². The van der Waals surface area contributed by atoms with Crippen LogP contribution in [0.25, 0.3) is 0 Å². The number of nitrogens with one attached hydrogen (secondary N) is 6. The number of aromatic amines is 2. The first-order valence-corrected chi connectivity index (χ1v) is 35.4. The topological polar surface area (TPSA) is 431 Å². The number of Topliss-reactive ketones (excluding diaryl/α,β-unsaturated/α-hetero) is 4. The second-order valence-corrected chi connectivity index (χ2v) is 26.8. The molecule has 576 valence electrons. The Morgan fingerprint density at radius 3 is 1.07 bits per heavy atom. The number of H-pyrrole nitrogens is 2. The Hall–Kier alpha value is -10.0. The number of halogens is 1. The molecule has 12 rings (SSSR count). The summed E-state index contributed by atoms with van der Waals surface area (Å²) in [6.45, 7) is 14.4. The molecule has 0 radical (unpaired) electrons. The SMILES string of the molecule is CB(O)N(C)C(C)c1ccc(N)cc1.CB(O)N(C)C(C)c1ccc(NC(=O)c2c[nH]c3c2C(=O)CCC3)cc1.CB(O)N(C)C(C)c1ccc(NC(=O)c2coc3c2C(=O)CCC3)cc1.CC(=O)O.CNC(C)c1ccc(NC(=O)c2c[nH]c3c2C(=O)CCC3)cc1.Cl.N.O=C(O)c1coc2c1C(=O)CCC2. The highest BCUT2D eigenvalue weighted by Crippen LogP contribution is 2.32. The van der Waals surface area contributed by atoms with Gasteiger partial charge in [0.1, 0.15) is 29.6 Å². The Morgan fingerprint density at radius 1 is 0.463 bits per heavy atom. The molecule has 3 amide bonds. The monoisotopic (exact) mass is 1500 g/mol. The van der Waals surface area contributed by atoms with E-state index in [9.17, 15) is 53.4 Å². The molecule has 8 aromatic rings. The van der Waals surface area contributed by atoms with E-state index in [0.717, 1.165) is 96.7 Å². The fraction of sp³-hybridized carbons (Fsp3) is 0.364. The number of furan rings is 2. The van der Waals surface area contributed by atoms with Crippen LogP contribution in [0.2, 0.25) is 20.5 Å². The number of nitrogens with two attached hydrogens (primary N) is 1. The molecule has 0 bridgehead atoms. The number of carboxylic acid groups (broad SMARTS) is 2. The summed E-state index contributed by atoms with van der Waals surface area (Å²) in [5, 5.41) is 56.7. The van der Waals surface area contributed by atoms with E-state index in [4.69, 9.17) is 29.6 Å². The predicted molar refractivity (Wildman–Crippen MR) is 422 cm³/mol. The van der Waals surface area contributed by atoms with E-state index in [1.807, 2.05) is 154 Å². The number of aliphatic carboxylic acids is 1. The van der Waals surface area contributed by atoms with Gasteiger partial charge in [-0.2, -0.15) is 0 Å². The molecule has 0 saturated heterocycles. The number of fused-ring (bicyclic) bond motifs is 4. The van der Waals surface area contributed by atoms with Crippen molar-refractivity contribution in [3.63, 3.8) is 0 Å². The number of carbonyl (C=O) groups is 9. The number of carbonyl (C=O) groups excluding carboxylic acids is 7. The van der Waals surface area contributed by atoms with Gasteiger partial charge in [-0.05, 0) is 186 Å². The number of amides is 3. The van der Waals surface area contributed by atoms with Gasteiger partial charge in [0.15, 0.2) is 23.1 Å². The highest BCUT2D eigenvalue weighted by Gasteiger charge is 2.32. The Morgan fingerprint density at radius 2 is 0.750 bits per heavy atom. The third-order valence-electron chi connectivity index (χ3n) is 19.4. The molecule has 4 unspecified atom stereocenters. The van der Waals surface area contributed by atoms with Crippen LogP contribution in [0.15, 0.2) is 131 Å². The van der Waals surface area contributed by atoms with Crippen molar-refractivity contribution in [2.45, 2.75) is 156 Å². The molecule has 4 heterocycles. The van der Waals surface area contributed by atoms with Crippen molar-refractivity contribution in [1.29, 1.82) is 0 Å². The summed E-state index contributed by atoms with van der Waals surface area (Å²) in [5.41, 5.74) is 17.5. The van der Waals surface area contributed by atoms with E-state index in [2.05, 4.69) is 45.1 Å². The largest absolute Gasteiger partial charge is 0.481 e. The van der Waals surface area contributed by atoms with E-state index in [-0.39, 0.29) is 94.7 Å². The van der Waals surface area contributed by atoms with Crippen LogP contribution in [-0.4, -0.2) is 152 Å². The smallest absolute Gasteiger partial charge is 0.376 e. The number of carboxylic acids is 2. The third-order valence-corrected chi connectivity index (χ3v) is 19.4. The second-order valence-electron chi connectivity index (χ2n) is 26.8. The number of anilines is 4. The van der Waals surface area contributed by atoms with E-state index in [1.165, 1.54) is 6.26 Å². The summed E-state index contributed by atoms with van der Waals surface area (Å²) in [4.78, 5) is 117. The lowest BCUT2D eigenvalue weighted by molar-refractivity contribution is -0.134. The molecular weight excluding hydrogens is 1400 g/mol. The first-order valence-electron chi connectivity index (χ1n) is 35.4. The van der Waals surface area contributed by atoms with Crippen molar-refractivity contribution in [3.05, 3.63) is 212 Å². The maximum absolute atomic E-state index is 12.6. The fourth-order valence-electron chi connectivity index (χ4n) is 12.3. The number of aryl methyl sites for hydroxylation is 4. The molecule has 27 nitrogen and oxygen atoms in total. The number of aromatic nitrogens is 2. The van der Waals surface area contributed by atoms with Crippen molar-refractivity contribution in [3.8, 4) is 0 Å². The first-order chi connectivity index (χ1) is 50.3. The summed E-state index contributed by atoms with van der Waals surface area (Å²) in [7, 11) is 5.98. The average Bonchev–Trinajstić information content (AvgIpc) is 1.67. The van der Waals surface area contributed by atoms with Gasteiger partial charge in [-0.15, -0.1) is 12.4 Å². The summed E-state index contributed by atoms with van der Waals surface area (Å²) >= 11 is 0. The molecule has 31 heteroatoms. The van der Waals surface area contributed by atoms with Gasteiger partial charge in [0.2, 0.25) is 0 Å². The van der Waals surface area contributed by atoms with Crippen molar-refractivity contribution in [2.24, 2.45) is 0 Å². The van der Waals surface area contributed by atoms with Gasteiger partial charge < -0.3 is 91.7 Å². The van der Waals surface area contributed by atoms with E-state index < -0.39 is 33.1 Å². The maximum atomic E-state index is 12.6. The first kappa shape index (κ1) is 88.6. The van der Waals surface area contributed by atoms with Gasteiger partial charge in [-0.25, -0.2) is 4.79 Å². The summed E-state index contributed by atoms with van der Waals surface area (Å²) < 4.78 is 10.4. The van der Waals surface area contributed by atoms with E-state index in [1.54, 1.807) is 32.9 Å². The van der Waals surface area contributed by atoms with Gasteiger partial charge in [-0.1, -0.05) is 48.5 Å². The molecule has 4 aromatic carbocycles. The van der Waals surface area contributed by atoms with Crippen LogP contribution in [0, 0.1) is 0 Å². The normalized spacial score (nSPS) is 14.2. The average molecular weight is 1500 g/mol. The van der Waals surface area contributed by atoms with Crippen molar-refractivity contribution in [2.75, 3.05) is 49.9 Å². The van der Waals surface area contributed by atoms with Crippen LogP contribution in [-0.2, 0) is 30.5 Å². The van der Waals surface area contributed by atoms with Crippen LogP contribution in [0.1, 0.15) is 238 Å². The Labute approximate surface area is 637 Å². The molecule has 4 atom stereocenters. The van der Waals surface area contributed by atoms with Crippen molar-refractivity contribution < 1.29 is 77.3 Å². The molecule has 108 heavy (non-hydrogen) atoms. The van der Waals surface area contributed by atoms with Crippen LogP contribution in [0.4, 0.5) is 22.7 Å². The number of nitrogen functional groups attached to an aromatic ring is 1. The minimum Gasteiger partial charge on any atom is -0.481 e. The van der Waals surface area contributed by atoms with E-state index in [0.29, 0.717) is 94.8 Å². The van der Waals surface area contributed by atoms with E-state index >= 15 is 0 Å². The zero-order chi connectivity index (χ0) is 77.8. The van der Waals surface area contributed by atoms with Gasteiger partial charge in [0.05, 0.1) is 38.9 Å². The summed E-state index contributed by atoms with van der Waals surface area (Å²) in [6.07, 6.45) is 13.8. The predicted octanol–water partition coefficient (Wildman–Crippen LogP) is 12.7. The highest BCUT2D eigenvalue weighted by atomic mass is 35.5. The standard InChI is InChI=1S/C19H24BN3O3.C19H23BN2O4.C18H21N3O2.C10H17BN2O.C9H8O4.C2H4O2.ClH.H3N/c1-12(23(3)20(2)26)13-7-9-14(10-8-13)22-19(25)15-11-21-16-5-4-6-17(24)18(15)16;1-12(22(3)20(2)25)13-7-9-14(10-8-13)21-19(24)15-11-26-17-6-4-5-16(23)18(15)17;1-11(19-2)12-6-8-13(9-7-12)21-18(23)14-10-20-15-4-3-5-16(22)17(14)15;1-8(13(3)11(2)14)9-4-6-10(12)7-5-9;10-6-2-1-3-7-8(6)5(4-13-7)9(11)12;1-2(3)4;;/h7-12,21,26H,4-6H2,1-3H3,(H,22,25);7-12,25H,4-6H2,1-3H3,(H,21,24);6-11,19-20H,3-5H2,1-2H3,(H,21,23);4-8,14H,12H2,1-3H3;4H,1-3H2,(H,11,12);1H3,(H,3,4);1H;1H3. The molecular formula is C77H101B3ClN11O16. The minimum atomic E-state index is -1.10. The number of benzene rings is 4. The zero-order valence-electron chi connectivity index (χ0n) is 63.3. The number of rotatable bonds is 18. The van der Waals surface area contributed by atoms with Crippen LogP contribution in [0.3, 0.4) is 0 Å². The third kappa shape index (κ3) is 23.5. The highest BCUT2D eigenvalue weighted by molar-refractivity contribution is 6.46. The van der Waals surface area contributed by atoms with Gasteiger partial charge >= 0.3 is 27.1 Å². The van der Waals surface area contributed by atoms with Crippen molar-refractivity contribution in [1.82, 2.24) is 35.9 Å². The van der Waals surface area contributed by atoms with Gasteiger partial charge in [0.25, 0.3) is 23.7 Å². The van der Waals surface area contributed by atoms with Crippen molar-refractivity contribution >= 4 is 109 Å². The molecule has 0 saturated carbocycles. The lowest BCUT2D eigenvalue weighted by atomic mass is 9.83. The number of hydrogen-bond donors (Lipinski definition) is 13. The maximum Gasteiger partial charge on any atom is 0.376 e. The molecule has 4 aliphatic rings. The summed E-state index contributed by atoms with van der Waals surface area (Å²) in [6, 6.07) is 31.0. The Balaban J connectivity index is 0.000000243. The molecule has 4 aromatic heterocycles.